The van der Waals surface area contributed by atoms with E-state index in [4.69, 9.17) is 26.3 Å². The molecule has 0 saturated carbocycles. The Hall–Kier alpha value is -2.32. The zero-order chi connectivity index (χ0) is 13.8. The third kappa shape index (κ3) is 2.75. The second-order valence-electron chi connectivity index (χ2n) is 3.59. The first-order chi connectivity index (χ1) is 9.17. The second kappa shape index (κ2) is 5.55. The van der Waals surface area contributed by atoms with Crippen molar-refractivity contribution in [1.82, 2.24) is 9.97 Å². The van der Waals surface area contributed by atoms with Gasteiger partial charge in [0.15, 0.2) is 11.5 Å². The molecule has 0 spiro atoms. The lowest BCUT2D eigenvalue weighted by Crippen LogP contribution is -1.94. The van der Waals surface area contributed by atoms with Crippen molar-refractivity contribution in [2.24, 2.45) is 0 Å². The van der Waals surface area contributed by atoms with Crippen LogP contribution < -0.4 is 9.47 Å². The van der Waals surface area contributed by atoms with Crippen molar-refractivity contribution < 1.29 is 9.47 Å². The predicted molar refractivity (Wildman–Crippen MR) is 70.3 cm³/mol. The molecule has 2 rings (SSSR count). The molecule has 0 bridgehead atoms. The maximum absolute atomic E-state index is 8.87. The number of nitrogens with zero attached hydrogens (tertiary/aromatic N) is 3. The maximum Gasteiger partial charge on any atom is 0.224 e. The van der Waals surface area contributed by atoms with Crippen LogP contribution in [0.1, 0.15) is 5.69 Å². The lowest BCUT2D eigenvalue weighted by molar-refractivity contribution is 0.355. The predicted octanol–water partition coefficient (Wildman–Crippen LogP) is 2.69. The molecule has 1 aromatic heterocycles. The minimum Gasteiger partial charge on any atom is -0.493 e. The van der Waals surface area contributed by atoms with Crippen molar-refractivity contribution in [1.29, 1.82) is 5.26 Å². The van der Waals surface area contributed by atoms with Gasteiger partial charge in [-0.15, -0.1) is 0 Å². The van der Waals surface area contributed by atoms with Crippen LogP contribution in [0.15, 0.2) is 24.3 Å². The fourth-order valence-electron chi connectivity index (χ4n) is 1.62. The number of halogens is 1. The van der Waals surface area contributed by atoms with Crippen molar-refractivity contribution >= 4 is 11.6 Å². The first-order valence-electron chi connectivity index (χ1n) is 5.35. The van der Waals surface area contributed by atoms with Crippen LogP contribution in [-0.2, 0) is 0 Å². The molecule has 0 aliphatic carbocycles. The number of methoxy groups -OCH3 is 2. The van der Waals surface area contributed by atoms with E-state index in [2.05, 4.69) is 9.97 Å². The number of ether oxygens (including phenoxy) is 2. The minimum atomic E-state index is 0.0313. The van der Waals surface area contributed by atoms with Crippen molar-refractivity contribution in [3.05, 3.63) is 35.2 Å². The molecule has 0 N–H and O–H groups in total. The third-order valence-electron chi connectivity index (χ3n) is 2.49. The van der Waals surface area contributed by atoms with Gasteiger partial charge in [0.1, 0.15) is 11.8 Å². The van der Waals surface area contributed by atoms with Gasteiger partial charge in [0.2, 0.25) is 5.28 Å². The number of rotatable bonds is 3. The smallest absolute Gasteiger partial charge is 0.224 e. The zero-order valence-corrected chi connectivity index (χ0v) is 11.1. The Labute approximate surface area is 115 Å². The van der Waals surface area contributed by atoms with E-state index in [1.54, 1.807) is 38.5 Å². The standard InChI is InChI=1S/C13H10ClN3O2/c1-18-11-4-3-8(5-12(11)19-2)10-6-9(7-15)16-13(14)17-10/h3-6H,1-2H3. The van der Waals surface area contributed by atoms with Crippen LogP contribution in [0, 0.1) is 11.3 Å². The van der Waals surface area contributed by atoms with Crippen molar-refractivity contribution in [2.45, 2.75) is 0 Å². The fourth-order valence-corrected chi connectivity index (χ4v) is 1.80. The van der Waals surface area contributed by atoms with Crippen LogP contribution in [0.25, 0.3) is 11.3 Å². The summed E-state index contributed by atoms with van der Waals surface area (Å²) in [6.07, 6.45) is 0. The summed E-state index contributed by atoms with van der Waals surface area (Å²) in [7, 11) is 3.11. The topological polar surface area (TPSA) is 68.0 Å². The number of hydrogen-bond donors (Lipinski definition) is 0. The Morgan fingerprint density at radius 1 is 1.11 bits per heavy atom. The largest absolute Gasteiger partial charge is 0.493 e. The van der Waals surface area contributed by atoms with Crippen molar-refractivity contribution in [3.63, 3.8) is 0 Å². The van der Waals surface area contributed by atoms with Crippen LogP contribution in [0.5, 0.6) is 11.5 Å². The average Bonchev–Trinajstić information content (AvgIpc) is 2.45. The normalized spacial score (nSPS) is 9.79. The molecule has 5 nitrogen and oxygen atoms in total. The first kappa shape index (κ1) is 13.1. The fraction of sp³-hybridized carbons (Fsp3) is 0.154. The van der Waals surface area contributed by atoms with Gasteiger partial charge in [0.25, 0.3) is 0 Å². The van der Waals surface area contributed by atoms with E-state index in [0.29, 0.717) is 17.2 Å². The van der Waals surface area contributed by atoms with Gasteiger partial charge in [-0.1, -0.05) is 0 Å². The Kier molecular flexibility index (Phi) is 3.83. The minimum absolute atomic E-state index is 0.0313. The van der Waals surface area contributed by atoms with E-state index in [0.717, 1.165) is 5.56 Å². The Bertz CT molecular complexity index is 653. The second-order valence-corrected chi connectivity index (χ2v) is 3.93. The summed E-state index contributed by atoms with van der Waals surface area (Å²) in [5.41, 5.74) is 1.53. The summed E-state index contributed by atoms with van der Waals surface area (Å²) in [5, 5.41) is 8.90. The quantitative estimate of drug-likeness (QED) is 0.806. The van der Waals surface area contributed by atoms with Crippen LogP contribution in [-0.4, -0.2) is 24.2 Å². The molecule has 0 unspecified atom stereocenters. The third-order valence-corrected chi connectivity index (χ3v) is 2.66. The molecule has 19 heavy (non-hydrogen) atoms. The molecule has 1 aromatic carbocycles. The van der Waals surface area contributed by atoms with E-state index in [9.17, 15) is 0 Å². The van der Waals surface area contributed by atoms with Gasteiger partial charge >= 0.3 is 0 Å². The number of benzene rings is 1. The van der Waals surface area contributed by atoms with Crippen LogP contribution in [0.2, 0.25) is 5.28 Å². The summed E-state index contributed by atoms with van der Waals surface area (Å²) in [4.78, 5) is 7.88. The molecule has 0 aliphatic heterocycles. The Morgan fingerprint density at radius 3 is 2.47 bits per heavy atom. The van der Waals surface area contributed by atoms with Crippen LogP contribution in [0.3, 0.4) is 0 Å². The van der Waals surface area contributed by atoms with Crippen LogP contribution >= 0.6 is 11.6 Å². The van der Waals surface area contributed by atoms with Gasteiger partial charge in [-0.25, -0.2) is 9.97 Å². The molecule has 2 aromatic rings. The van der Waals surface area contributed by atoms with Gasteiger partial charge < -0.3 is 9.47 Å². The van der Waals surface area contributed by atoms with E-state index in [1.165, 1.54) is 0 Å². The molecule has 0 amide bonds. The van der Waals surface area contributed by atoms with Gasteiger partial charge in [0.05, 0.1) is 19.9 Å². The molecule has 96 valence electrons. The summed E-state index contributed by atoms with van der Waals surface area (Å²) in [5.74, 6) is 1.19. The molecular formula is C13H10ClN3O2. The highest BCUT2D eigenvalue weighted by molar-refractivity contribution is 6.28. The molecule has 0 fully saturated rings. The summed E-state index contributed by atoms with van der Waals surface area (Å²) < 4.78 is 10.4. The van der Waals surface area contributed by atoms with E-state index < -0.39 is 0 Å². The lowest BCUT2D eigenvalue weighted by atomic mass is 10.1. The maximum atomic E-state index is 8.87. The van der Waals surface area contributed by atoms with E-state index in [1.807, 2.05) is 6.07 Å². The summed E-state index contributed by atoms with van der Waals surface area (Å²) >= 11 is 5.78. The van der Waals surface area contributed by atoms with E-state index in [-0.39, 0.29) is 11.0 Å². The molecule has 1 heterocycles. The van der Waals surface area contributed by atoms with Crippen LogP contribution in [0.4, 0.5) is 0 Å². The molecule has 0 aliphatic rings. The van der Waals surface area contributed by atoms with Gasteiger partial charge in [-0.2, -0.15) is 5.26 Å². The number of nitriles is 1. The van der Waals surface area contributed by atoms with Crippen molar-refractivity contribution in [2.75, 3.05) is 14.2 Å². The SMILES string of the molecule is COc1ccc(-c2cc(C#N)nc(Cl)n2)cc1OC. The van der Waals surface area contributed by atoms with Gasteiger partial charge in [-0.3, -0.25) is 0 Å². The highest BCUT2D eigenvalue weighted by Crippen LogP contribution is 2.31. The highest BCUT2D eigenvalue weighted by atomic mass is 35.5. The summed E-state index contributed by atoms with van der Waals surface area (Å²) in [6.45, 7) is 0. The lowest BCUT2D eigenvalue weighted by Gasteiger charge is -2.09. The molecule has 6 heteroatoms. The molecule has 0 saturated heterocycles. The first-order valence-corrected chi connectivity index (χ1v) is 5.73. The Balaban J connectivity index is 2.53. The van der Waals surface area contributed by atoms with Crippen molar-refractivity contribution in [3.8, 4) is 28.8 Å². The highest BCUT2D eigenvalue weighted by Gasteiger charge is 2.09. The Morgan fingerprint density at radius 2 is 1.84 bits per heavy atom. The zero-order valence-electron chi connectivity index (χ0n) is 10.3. The molecular weight excluding hydrogens is 266 g/mol. The average molecular weight is 276 g/mol. The summed E-state index contributed by atoms with van der Waals surface area (Å²) in [6, 6.07) is 8.83. The van der Waals surface area contributed by atoms with Gasteiger partial charge in [-0.05, 0) is 29.8 Å². The molecule has 0 atom stereocenters. The number of aromatic nitrogens is 2. The monoisotopic (exact) mass is 275 g/mol. The van der Waals surface area contributed by atoms with Gasteiger partial charge in [0, 0.05) is 11.6 Å². The molecule has 0 radical (unpaired) electrons. The van der Waals surface area contributed by atoms with E-state index >= 15 is 0 Å². The number of hydrogen-bond acceptors (Lipinski definition) is 5.